The highest BCUT2D eigenvalue weighted by Gasteiger charge is 2.29. The fraction of sp³-hybridized carbons (Fsp3) is 0.650. The molecule has 0 bridgehead atoms. The molecule has 1 aliphatic carbocycles. The summed E-state index contributed by atoms with van der Waals surface area (Å²) in [6.07, 6.45) is 6.59. The fourth-order valence-electron chi connectivity index (χ4n) is 3.76. The highest BCUT2D eigenvalue weighted by Crippen LogP contribution is 2.29. The van der Waals surface area contributed by atoms with Gasteiger partial charge in [0.2, 0.25) is 11.8 Å². The third-order valence-electron chi connectivity index (χ3n) is 5.52. The summed E-state index contributed by atoms with van der Waals surface area (Å²) in [7, 11) is 0. The van der Waals surface area contributed by atoms with Crippen molar-refractivity contribution in [3.8, 4) is 0 Å². The van der Waals surface area contributed by atoms with Crippen LogP contribution in [0.4, 0.5) is 0 Å². The molecule has 2 fully saturated rings. The Balaban J connectivity index is 1.31. The first-order valence-corrected chi connectivity index (χ1v) is 9.97. The van der Waals surface area contributed by atoms with Crippen LogP contribution in [0.2, 0.25) is 0 Å². The van der Waals surface area contributed by atoms with Crippen LogP contribution in [-0.4, -0.2) is 61.1 Å². The van der Waals surface area contributed by atoms with E-state index in [1.54, 1.807) is 12.4 Å². The maximum atomic E-state index is 12.4. The van der Waals surface area contributed by atoms with Gasteiger partial charge in [0.15, 0.2) is 0 Å². The van der Waals surface area contributed by atoms with Crippen LogP contribution < -0.4 is 10.6 Å². The van der Waals surface area contributed by atoms with Crippen molar-refractivity contribution in [1.29, 1.82) is 0 Å². The van der Waals surface area contributed by atoms with E-state index < -0.39 is 0 Å². The first kappa shape index (κ1) is 19.8. The standard InChI is InChI=1S/C20H30N4O3/c25-19(22-9-10-24-11-13-27-14-12-24)17-1-3-18(4-2-17)20(26)23-15-16-5-7-21-8-6-16/h5-8,17-18H,1-4,9-15H2,(H,22,25)(H,23,26). The maximum Gasteiger partial charge on any atom is 0.223 e. The Hall–Kier alpha value is -1.99. The lowest BCUT2D eigenvalue weighted by molar-refractivity contribution is -0.130. The molecular formula is C20H30N4O3. The van der Waals surface area contributed by atoms with Gasteiger partial charge in [-0.1, -0.05) is 0 Å². The fourth-order valence-corrected chi connectivity index (χ4v) is 3.76. The number of amides is 2. The maximum absolute atomic E-state index is 12.4. The third kappa shape index (κ3) is 6.29. The summed E-state index contributed by atoms with van der Waals surface area (Å²) in [6, 6.07) is 3.80. The van der Waals surface area contributed by atoms with Crippen molar-refractivity contribution in [2.45, 2.75) is 32.2 Å². The number of nitrogens with zero attached hydrogens (tertiary/aromatic N) is 2. The van der Waals surface area contributed by atoms with E-state index in [9.17, 15) is 9.59 Å². The van der Waals surface area contributed by atoms with Gasteiger partial charge in [-0.25, -0.2) is 0 Å². The number of carbonyl (C=O) groups is 2. The van der Waals surface area contributed by atoms with Crippen LogP contribution in [0.3, 0.4) is 0 Å². The van der Waals surface area contributed by atoms with Crippen LogP contribution in [0.5, 0.6) is 0 Å². The predicted molar refractivity (Wildman–Crippen MR) is 102 cm³/mol. The molecule has 2 aliphatic rings. The average Bonchev–Trinajstić information content (AvgIpc) is 2.73. The van der Waals surface area contributed by atoms with Crippen molar-refractivity contribution >= 4 is 11.8 Å². The summed E-state index contributed by atoms with van der Waals surface area (Å²) in [5, 5.41) is 6.06. The molecule has 0 unspecified atom stereocenters. The van der Waals surface area contributed by atoms with Gasteiger partial charge in [0.1, 0.15) is 0 Å². The lowest BCUT2D eigenvalue weighted by atomic mass is 9.81. The second kappa shape index (κ2) is 10.4. The van der Waals surface area contributed by atoms with Crippen molar-refractivity contribution in [1.82, 2.24) is 20.5 Å². The van der Waals surface area contributed by atoms with Gasteiger partial charge in [-0.3, -0.25) is 19.5 Å². The molecule has 0 atom stereocenters. The Labute approximate surface area is 160 Å². The van der Waals surface area contributed by atoms with Crippen molar-refractivity contribution in [2.24, 2.45) is 11.8 Å². The van der Waals surface area contributed by atoms with E-state index in [2.05, 4.69) is 20.5 Å². The molecule has 0 radical (unpaired) electrons. The molecule has 1 aromatic heterocycles. The first-order valence-electron chi connectivity index (χ1n) is 9.97. The summed E-state index contributed by atoms with van der Waals surface area (Å²) < 4.78 is 5.33. The van der Waals surface area contributed by atoms with Gasteiger partial charge in [0.05, 0.1) is 13.2 Å². The molecule has 1 aromatic rings. The summed E-state index contributed by atoms with van der Waals surface area (Å²) in [4.78, 5) is 31.0. The molecule has 7 heteroatoms. The monoisotopic (exact) mass is 374 g/mol. The number of carbonyl (C=O) groups excluding carboxylic acids is 2. The number of nitrogens with one attached hydrogen (secondary N) is 2. The summed E-state index contributed by atoms with van der Waals surface area (Å²) in [5.41, 5.74) is 1.05. The Kier molecular flexibility index (Phi) is 7.59. The molecule has 2 heterocycles. The molecular weight excluding hydrogens is 344 g/mol. The summed E-state index contributed by atoms with van der Waals surface area (Å²) >= 11 is 0. The topological polar surface area (TPSA) is 83.6 Å². The SMILES string of the molecule is O=C(NCCN1CCOCC1)C1CCC(C(=O)NCc2ccncc2)CC1. The van der Waals surface area contributed by atoms with Gasteiger partial charge in [-0.2, -0.15) is 0 Å². The molecule has 7 nitrogen and oxygen atoms in total. The zero-order chi connectivity index (χ0) is 18.9. The number of ether oxygens (including phenoxy) is 1. The average molecular weight is 374 g/mol. The number of hydrogen-bond donors (Lipinski definition) is 2. The normalized spacial score (nSPS) is 23.6. The molecule has 2 amide bonds. The zero-order valence-electron chi connectivity index (χ0n) is 15.9. The number of aromatic nitrogens is 1. The van der Waals surface area contributed by atoms with Crippen molar-refractivity contribution in [3.05, 3.63) is 30.1 Å². The molecule has 2 N–H and O–H groups in total. The molecule has 1 aliphatic heterocycles. The van der Waals surface area contributed by atoms with Gasteiger partial charge in [0, 0.05) is 57.0 Å². The first-order chi connectivity index (χ1) is 13.2. The summed E-state index contributed by atoms with van der Waals surface area (Å²) in [6.45, 7) is 5.53. The third-order valence-corrected chi connectivity index (χ3v) is 5.52. The van der Waals surface area contributed by atoms with Crippen LogP contribution in [0, 0.1) is 11.8 Å². The van der Waals surface area contributed by atoms with Gasteiger partial charge in [0.25, 0.3) is 0 Å². The molecule has 0 aromatic carbocycles. The van der Waals surface area contributed by atoms with Crippen LogP contribution >= 0.6 is 0 Å². The highest BCUT2D eigenvalue weighted by molar-refractivity contribution is 5.81. The van der Waals surface area contributed by atoms with E-state index in [1.807, 2.05) is 12.1 Å². The summed E-state index contributed by atoms with van der Waals surface area (Å²) in [5.74, 6) is 0.292. The minimum Gasteiger partial charge on any atom is -0.379 e. The lowest BCUT2D eigenvalue weighted by Gasteiger charge is -2.28. The van der Waals surface area contributed by atoms with Crippen LogP contribution in [0.15, 0.2) is 24.5 Å². The quantitative estimate of drug-likeness (QED) is 0.743. The molecule has 3 rings (SSSR count). The highest BCUT2D eigenvalue weighted by atomic mass is 16.5. The van der Waals surface area contributed by atoms with E-state index >= 15 is 0 Å². The van der Waals surface area contributed by atoms with Gasteiger partial charge >= 0.3 is 0 Å². The second-order valence-corrected chi connectivity index (χ2v) is 7.37. The molecule has 1 saturated carbocycles. The Morgan fingerprint density at radius 1 is 1.00 bits per heavy atom. The molecule has 148 valence electrons. The smallest absolute Gasteiger partial charge is 0.223 e. The Morgan fingerprint density at radius 3 is 2.22 bits per heavy atom. The minimum absolute atomic E-state index is 0.0178. The molecule has 0 spiro atoms. The van der Waals surface area contributed by atoms with E-state index in [4.69, 9.17) is 4.74 Å². The van der Waals surface area contributed by atoms with E-state index in [1.165, 1.54) is 0 Å². The van der Waals surface area contributed by atoms with Crippen molar-refractivity contribution in [3.63, 3.8) is 0 Å². The van der Waals surface area contributed by atoms with E-state index in [-0.39, 0.29) is 23.7 Å². The molecule has 27 heavy (non-hydrogen) atoms. The van der Waals surface area contributed by atoms with Crippen LogP contribution in [0.25, 0.3) is 0 Å². The Bertz CT molecular complexity index is 597. The van der Waals surface area contributed by atoms with Gasteiger partial charge in [-0.05, 0) is 43.4 Å². The van der Waals surface area contributed by atoms with Crippen LogP contribution in [0.1, 0.15) is 31.2 Å². The van der Waals surface area contributed by atoms with Gasteiger partial charge < -0.3 is 15.4 Å². The minimum atomic E-state index is 0.0178. The Morgan fingerprint density at radius 2 is 1.59 bits per heavy atom. The lowest BCUT2D eigenvalue weighted by Crippen LogP contribution is -2.43. The largest absolute Gasteiger partial charge is 0.379 e. The number of rotatable bonds is 7. The number of hydrogen-bond acceptors (Lipinski definition) is 5. The van der Waals surface area contributed by atoms with E-state index in [0.717, 1.165) is 64.1 Å². The van der Waals surface area contributed by atoms with Crippen LogP contribution in [-0.2, 0) is 20.9 Å². The molecule has 1 saturated heterocycles. The van der Waals surface area contributed by atoms with Gasteiger partial charge in [-0.15, -0.1) is 0 Å². The van der Waals surface area contributed by atoms with Crippen molar-refractivity contribution in [2.75, 3.05) is 39.4 Å². The van der Waals surface area contributed by atoms with E-state index in [0.29, 0.717) is 13.1 Å². The predicted octanol–water partition coefficient (Wildman–Crippen LogP) is 0.953. The number of morpholine rings is 1. The number of pyridine rings is 1. The second-order valence-electron chi connectivity index (χ2n) is 7.37. The zero-order valence-corrected chi connectivity index (χ0v) is 15.9. The van der Waals surface area contributed by atoms with Crippen molar-refractivity contribution < 1.29 is 14.3 Å².